The third-order valence-corrected chi connectivity index (χ3v) is 3.38. The van der Waals surface area contributed by atoms with Crippen molar-refractivity contribution in [2.24, 2.45) is 0 Å². The van der Waals surface area contributed by atoms with Crippen LogP contribution in [0.4, 0.5) is 5.69 Å². The zero-order valence-electron chi connectivity index (χ0n) is 7.76. The van der Waals surface area contributed by atoms with E-state index < -0.39 is 0 Å². The fourth-order valence-corrected chi connectivity index (χ4v) is 1.74. The Morgan fingerprint density at radius 3 is 2.71 bits per heavy atom. The van der Waals surface area contributed by atoms with Crippen LogP contribution >= 0.6 is 27.5 Å². The van der Waals surface area contributed by atoms with Gasteiger partial charge in [-0.2, -0.15) is 0 Å². The number of benzene rings is 1. The van der Waals surface area contributed by atoms with Crippen molar-refractivity contribution in [1.29, 1.82) is 0 Å². The van der Waals surface area contributed by atoms with Crippen LogP contribution in [0.1, 0.15) is 22.9 Å². The molecule has 0 saturated carbocycles. The van der Waals surface area contributed by atoms with Crippen molar-refractivity contribution in [2.75, 3.05) is 5.73 Å². The lowest BCUT2D eigenvalue weighted by Crippen LogP contribution is -2.04. The Balaban J connectivity index is 3.05. The van der Waals surface area contributed by atoms with Crippen LogP contribution in [0.15, 0.2) is 18.2 Å². The van der Waals surface area contributed by atoms with E-state index in [0.717, 1.165) is 11.1 Å². The number of rotatable bonds is 3. The average Bonchev–Trinajstić information content (AvgIpc) is 2.16. The van der Waals surface area contributed by atoms with Crippen molar-refractivity contribution in [3.05, 3.63) is 29.3 Å². The SMILES string of the molecule is CC(=O)C(Br)c1ccc(CCl)cc1N. The zero-order chi connectivity index (χ0) is 10.7. The Morgan fingerprint density at radius 2 is 2.29 bits per heavy atom. The van der Waals surface area contributed by atoms with Gasteiger partial charge in [0.25, 0.3) is 0 Å². The highest BCUT2D eigenvalue weighted by atomic mass is 79.9. The highest BCUT2D eigenvalue weighted by Crippen LogP contribution is 2.29. The van der Waals surface area contributed by atoms with E-state index in [1.54, 1.807) is 6.07 Å². The first-order chi connectivity index (χ1) is 6.56. The highest BCUT2D eigenvalue weighted by molar-refractivity contribution is 9.09. The molecular formula is C10H11BrClNO. The molecule has 0 aliphatic heterocycles. The van der Waals surface area contributed by atoms with Gasteiger partial charge in [0, 0.05) is 11.6 Å². The molecule has 2 N–H and O–H groups in total. The van der Waals surface area contributed by atoms with Gasteiger partial charge in [0.2, 0.25) is 0 Å². The minimum Gasteiger partial charge on any atom is -0.398 e. The summed E-state index contributed by atoms with van der Waals surface area (Å²) in [6, 6.07) is 5.49. The largest absolute Gasteiger partial charge is 0.398 e. The predicted molar refractivity (Wildman–Crippen MR) is 62.8 cm³/mol. The number of anilines is 1. The first-order valence-corrected chi connectivity index (χ1v) is 5.60. The molecule has 76 valence electrons. The topological polar surface area (TPSA) is 43.1 Å². The van der Waals surface area contributed by atoms with E-state index in [1.807, 2.05) is 12.1 Å². The molecule has 1 aromatic rings. The number of ketones is 1. The first kappa shape index (κ1) is 11.5. The van der Waals surface area contributed by atoms with Gasteiger partial charge in [-0.1, -0.05) is 28.1 Å². The predicted octanol–water partition coefficient (Wildman–Crippen LogP) is 3.03. The van der Waals surface area contributed by atoms with E-state index in [4.69, 9.17) is 17.3 Å². The number of carbonyl (C=O) groups excluding carboxylic acids is 1. The van der Waals surface area contributed by atoms with Crippen molar-refractivity contribution in [3.63, 3.8) is 0 Å². The maximum Gasteiger partial charge on any atom is 0.147 e. The van der Waals surface area contributed by atoms with E-state index in [2.05, 4.69) is 15.9 Å². The second kappa shape index (κ2) is 4.80. The van der Waals surface area contributed by atoms with Gasteiger partial charge in [-0.15, -0.1) is 11.6 Å². The lowest BCUT2D eigenvalue weighted by Gasteiger charge is -2.10. The maximum atomic E-state index is 11.1. The van der Waals surface area contributed by atoms with Crippen LogP contribution in [0.25, 0.3) is 0 Å². The van der Waals surface area contributed by atoms with E-state index in [9.17, 15) is 4.79 Å². The van der Waals surface area contributed by atoms with E-state index >= 15 is 0 Å². The summed E-state index contributed by atoms with van der Waals surface area (Å²) in [5.74, 6) is 0.465. The minimum absolute atomic E-state index is 0.0373. The van der Waals surface area contributed by atoms with E-state index in [-0.39, 0.29) is 10.6 Å². The van der Waals surface area contributed by atoms with Gasteiger partial charge in [0.05, 0.1) is 4.83 Å². The van der Waals surface area contributed by atoms with Gasteiger partial charge in [0.15, 0.2) is 0 Å². The Labute approximate surface area is 96.6 Å². The van der Waals surface area contributed by atoms with Crippen LogP contribution < -0.4 is 5.73 Å². The molecule has 0 spiro atoms. The summed E-state index contributed by atoms with van der Waals surface area (Å²) < 4.78 is 0. The Bertz CT molecular complexity index is 354. The second-order valence-electron chi connectivity index (χ2n) is 3.07. The highest BCUT2D eigenvalue weighted by Gasteiger charge is 2.15. The molecule has 0 heterocycles. The van der Waals surface area contributed by atoms with Gasteiger partial charge >= 0.3 is 0 Å². The van der Waals surface area contributed by atoms with Crippen molar-refractivity contribution >= 4 is 39.0 Å². The van der Waals surface area contributed by atoms with Crippen LogP contribution in [-0.4, -0.2) is 5.78 Å². The van der Waals surface area contributed by atoms with Crippen LogP contribution in [0, 0.1) is 0 Å². The van der Waals surface area contributed by atoms with Crippen LogP contribution in [-0.2, 0) is 10.7 Å². The fraction of sp³-hybridized carbons (Fsp3) is 0.300. The summed E-state index contributed by atoms with van der Waals surface area (Å²) >= 11 is 8.94. The van der Waals surface area contributed by atoms with Crippen LogP contribution in [0.2, 0.25) is 0 Å². The molecule has 4 heteroatoms. The molecule has 14 heavy (non-hydrogen) atoms. The van der Waals surface area contributed by atoms with Crippen LogP contribution in [0.3, 0.4) is 0 Å². The molecule has 0 saturated heterocycles. The quantitative estimate of drug-likeness (QED) is 0.681. The number of nitrogens with two attached hydrogens (primary N) is 1. The Kier molecular flexibility index (Phi) is 3.96. The van der Waals surface area contributed by atoms with Gasteiger partial charge in [-0.05, 0) is 24.1 Å². The van der Waals surface area contributed by atoms with Crippen molar-refractivity contribution in [2.45, 2.75) is 17.6 Å². The molecule has 1 aromatic carbocycles. The summed E-state index contributed by atoms with van der Waals surface area (Å²) in [5, 5.41) is 0. The third-order valence-electron chi connectivity index (χ3n) is 1.94. The monoisotopic (exact) mass is 275 g/mol. The minimum atomic E-state index is -0.327. The number of hydrogen-bond donors (Lipinski definition) is 1. The molecule has 0 aliphatic carbocycles. The smallest absolute Gasteiger partial charge is 0.147 e. The summed E-state index contributed by atoms with van der Waals surface area (Å²) in [6.45, 7) is 1.52. The molecule has 0 fully saturated rings. The van der Waals surface area contributed by atoms with Gasteiger partial charge in [0.1, 0.15) is 5.78 Å². The van der Waals surface area contributed by atoms with E-state index in [0.29, 0.717) is 11.6 Å². The number of carbonyl (C=O) groups is 1. The second-order valence-corrected chi connectivity index (χ2v) is 4.25. The lowest BCUT2D eigenvalue weighted by atomic mass is 10.1. The molecule has 1 unspecified atom stereocenters. The summed E-state index contributed by atoms with van der Waals surface area (Å²) in [4.78, 5) is 10.8. The lowest BCUT2D eigenvalue weighted by molar-refractivity contribution is -0.116. The molecular weight excluding hydrogens is 265 g/mol. The fourth-order valence-electron chi connectivity index (χ4n) is 1.16. The third kappa shape index (κ3) is 2.49. The zero-order valence-corrected chi connectivity index (χ0v) is 10.1. The number of hydrogen-bond acceptors (Lipinski definition) is 2. The van der Waals surface area contributed by atoms with Crippen LogP contribution in [0.5, 0.6) is 0 Å². The molecule has 1 rings (SSSR count). The summed E-state index contributed by atoms with van der Waals surface area (Å²) in [6.07, 6.45) is 0. The summed E-state index contributed by atoms with van der Waals surface area (Å²) in [7, 11) is 0. The van der Waals surface area contributed by atoms with Crippen molar-refractivity contribution < 1.29 is 4.79 Å². The molecule has 0 aliphatic rings. The number of halogens is 2. The van der Waals surface area contributed by atoms with Crippen molar-refractivity contribution in [1.82, 2.24) is 0 Å². The Hall–Kier alpha value is -0.540. The first-order valence-electron chi connectivity index (χ1n) is 4.15. The molecule has 0 amide bonds. The molecule has 0 aromatic heterocycles. The standard InChI is InChI=1S/C10H11BrClNO/c1-6(14)10(11)8-3-2-7(5-12)4-9(8)13/h2-4,10H,5,13H2,1H3. The maximum absolute atomic E-state index is 11.1. The number of nitrogen functional groups attached to an aromatic ring is 1. The van der Waals surface area contributed by atoms with Gasteiger partial charge in [-0.25, -0.2) is 0 Å². The van der Waals surface area contributed by atoms with Crippen molar-refractivity contribution in [3.8, 4) is 0 Å². The molecule has 1 atom stereocenters. The molecule has 2 nitrogen and oxygen atoms in total. The van der Waals surface area contributed by atoms with Gasteiger partial charge in [-0.3, -0.25) is 4.79 Å². The summed E-state index contributed by atoms with van der Waals surface area (Å²) in [5.41, 5.74) is 8.14. The number of Topliss-reactive ketones (excluding diaryl/α,β-unsaturated/α-hetero) is 1. The Morgan fingerprint density at radius 1 is 1.64 bits per heavy atom. The average molecular weight is 277 g/mol. The molecule has 0 bridgehead atoms. The van der Waals surface area contributed by atoms with E-state index in [1.165, 1.54) is 6.92 Å². The normalized spacial score (nSPS) is 12.5. The van der Waals surface area contributed by atoms with Gasteiger partial charge < -0.3 is 5.73 Å². The number of alkyl halides is 2. The molecule has 0 radical (unpaired) electrons.